The zero-order chi connectivity index (χ0) is 14.5. The van der Waals surface area contributed by atoms with Crippen LogP contribution in [0.3, 0.4) is 0 Å². The topological polar surface area (TPSA) is 63.0 Å². The van der Waals surface area contributed by atoms with Crippen molar-refractivity contribution in [2.75, 3.05) is 5.75 Å². The first-order valence-corrected chi connectivity index (χ1v) is 8.09. The van der Waals surface area contributed by atoms with Crippen LogP contribution in [0.1, 0.15) is 31.2 Å². The first kappa shape index (κ1) is 14.1. The van der Waals surface area contributed by atoms with E-state index in [1.807, 2.05) is 24.3 Å². The van der Waals surface area contributed by atoms with Crippen LogP contribution in [0.5, 0.6) is 5.75 Å². The highest BCUT2D eigenvalue weighted by Gasteiger charge is 2.18. The zero-order valence-corrected chi connectivity index (χ0v) is 12.4. The van der Waals surface area contributed by atoms with Crippen molar-refractivity contribution in [1.29, 1.82) is 0 Å². The number of nitrogens with one attached hydrogen (secondary N) is 1. The molecule has 1 saturated heterocycles. The molecule has 6 heteroatoms. The van der Waals surface area contributed by atoms with E-state index in [4.69, 9.17) is 4.74 Å². The number of hydrogen-bond acceptors (Lipinski definition) is 5. The Morgan fingerprint density at radius 3 is 2.86 bits per heavy atom. The highest BCUT2D eigenvalue weighted by molar-refractivity contribution is 8.15. The molecule has 1 aromatic carbocycles. The molecule has 0 bridgehead atoms. The molecule has 2 fully saturated rings. The first-order chi connectivity index (χ1) is 10.3. The molecule has 1 heterocycles. The lowest BCUT2D eigenvalue weighted by Gasteiger charge is -2.14. The van der Waals surface area contributed by atoms with E-state index in [2.05, 4.69) is 15.5 Å². The molecular formula is C15H17N3O2S. The van der Waals surface area contributed by atoms with E-state index < -0.39 is 0 Å². The van der Waals surface area contributed by atoms with E-state index in [0.717, 1.165) is 24.2 Å². The molecule has 1 aromatic rings. The number of ether oxygens (including phenoxy) is 1. The Hall–Kier alpha value is -1.82. The minimum Gasteiger partial charge on any atom is -0.490 e. The molecule has 1 aliphatic heterocycles. The summed E-state index contributed by atoms with van der Waals surface area (Å²) in [5.41, 5.74) is 0.906. The SMILES string of the molecule is O=C1CSC(=NN=Cc2ccccc2OC2CCCC2)N1. The van der Waals surface area contributed by atoms with Crippen LogP contribution in [0.4, 0.5) is 0 Å². The third-order valence-electron chi connectivity index (χ3n) is 3.45. The Morgan fingerprint density at radius 1 is 1.29 bits per heavy atom. The van der Waals surface area contributed by atoms with Crippen LogP contribution in [0.2, 0.25) is 0 Å². The van der Waals surface area contributed by atoms with Gasteiger partial charge in [-0.05, 0) is 37.8 Å². The van der Waals surface area contributed by atoms with Crippen LogP contribution < -0.4 is 10.1 Å². The van der Waals surface area contributed by atoms with E-state index in [0.29, 0.717) is 17.0 Å². The second-order valence-electron chi connectivity index (χ2n) is 5.05. The third-order valence-corrected chi connectivity index (χ3v) is 4.31. The van der Waals surface area contributed by atoms with Gasteiger partial charge in [0.05, 0.1) is 18.1 Å². The Labute approximate surface area is 127 Å². The summed E-state index contributed by atoms with van der Waals surface area (Å²) < 4.78 is 6.03. The average Bonchev–Trinajstić information content (AvgIpc) is 3.13. The largest absolute Gasteiger partial charge is 0.490 e. The summed E-state index contributed by atoms with van der Waals surface area (Å²) in [6.45, 7) is 0. The maximum atomic E-state index is 11.0. The number of hydrogen-bond donors (Lipinski definition) is 1. The van der Waals surface area contributed by atoms with E-state index in [-0.39, 0.29) is 5.91 Å². The van der Waals surface area contributed by atoms with Gasteiger partial charge in [-0.2, -0.15) is 5.10 Å². The van der Waals surface area contributed by atoms with Gasteiger partial charge in [0.2, 0.25) is 5.91 Å². The fourth-order valence-electron chi connectivity index (χ4n) is 2.40. The molecule has 1 amide bonds. The lowest BCUT2D eigenvalue weighted by atomic mass is 10.2. The zero-order valence-electron chi connectivity index (χ0n) is 11.6. The number of amides is 1. The highest BCUT2D eigenvalue weighted by Crippen LogP contribution is 2.25. The first-order valence-electron chi connectivity index (χ1n) is 7.10. The molecule has 0 aromatic heterocycles. The number of carbonyl (C=O) groups excluding carboxylic acids is 1. The van der Waals surface area contributed by atoms with Gasteiger partial charge in [0.15, 0.2) is 5.17 Å². The predicted octanol–water partition coefficient (Wildman–Crippen LogP) is 2.56. The van der Waals surface area contributed by atoms with Crippen molar-refractivity contribution in [3.63, 3.8) is 0 Å². The van der Waals surface area contributed by atoms with Gasteiger partial charge in [-0.15, -0.1) is 5.10 Å². The van der Waals surface area contributed by atoms with Gasteiger partial charge in [-0.25, -0.2) is 0 Å². The van der Waals surface area contributed by atoms with Gasteiger partial charge in [-0.1, -0.05) is 23.9 Å². The van der Waals surface area contributed by atoms with Crippen LogP contribution >= 0.6 is 11.8 Å². The maximum Gasteiger partial charge on any atom is 0.236 e. The van der Waals surface area contributed by atoms with Crippen molar-refractivity contribution in [2.45, 2.75) is 31.8 Å². The fraction of sp³-hybridized carbons (Fsp3) is 0.400. The smallest absolute Gasteiger partial charge is 0.236 e. The molecule has 110 valence electrons. The van der Waals surface area contributed by atoms with Gasteiger partial charge in [0.25, 0.3) is 0 Å². The predicted molar refractivity (Wildman–Crippen MR) is 85.0 cm³/mol. The van der Waals surface area contributed by atoms with Crippen molar-refractivity contribution < 1.29 is 9.53 Å². The average molecular weight is 303 g/mol. The van der Waals surface area contributed by atoms with Crippen LogP contribution in [0.25, 0.3) is 0 Å². The molecule has 5 nitrogen and oxygen atoms in total. The highest BCUT2D eigenvalue weighted by atomic mass is 32.2. The molecule has 0 spiro atoms. The van der Waals surface area contributed by atoms with Gasteiger partial charge in [0, 0.05) is 5.56 Å². The van der Waals surface area contributed by atoms with E-state index >= 15 is 0 Å². The lowest BCUT2D eigenvalue weighted by Crippen LogP contribution is -2.19. The van der Waals surface area contributed by atoms with Crippen LogP contribution in [-0.4, -0.2) is 29.1 Å². The minimum absolute atomic E-state index is 0.0288. The Morgan fingerprint density at radius 2 is 2.10 bits per heavy atom. The number of carbonyl (C=O) groups is 1. The number of nitrogens with zero attached hydrogens (tertiary/aromatic N) is 2. The van der Waals surface area contributed by atoms with Gasteiger partial charge in [-0.3, -0.25) is 4.79 Å². The molecule has 1 aliphatic carbocycles. The molecule has 0 radical (unpaired) electrons. The minimum atomic E-state index is -0.0288. The standard InChI is InChI=1S/C15H17N3O2S/c19-14-10-21-15(17-14)18-16-9-11-5-1-4-8-13(11)20-12-6-2-3-7-12/h1,4-5,8-9,12H,2-3,6-7,10H2,(H,17,18,19). The van der Waals surface area contributed by atoms with Gasteiger partial charge in [0.1, 0.15) is 5.75 Å². The van der Waals surface area contributed by atoms with Crippen LogP contribution in [0, 0.1) is 0 Å². The Kier molecular flexibility index (Phi) is 4.55. The van der Waals surface area contributed by atoms with E-state index in [1.165, 1.54) is 24.6 Å². The number of rotatable bonds is 4. The molecule has 3 rings (SSSR count). The molecule has 1 saturated carbocycles. The fourth-order valence-corrected chi connectivity index (χ4v) is 3.03. The number of para-hydroxylation sites is 1. The summed E-state index contributed by atoms with van der Waals surface area (Å²) >= 11 is 1.36. The van der Waals surface area contributed by atoms with Crippen LogP contribution in [0.15, 0.2) is 34.5 Å². The summed E-state index contributed by atoms with van der Waals surface area (Å²) in [7, 11) is 0. The Balaban J connectivity index is 1.68. The van der Waals surface area contributed by atoms with E-state index in [1.54, 1.807) is 6.21 Å². The van der Waals surface area contributed by atoms with Crippen molar-refractivity contribution >= 4 is 29.1 Å². The lowest BCUT2D eigenvalue weighted by molar-refractivity contribution is -0.116. The quantitative estimate of drug-likeness (QED) is 0.687. The van der Waals surface area contributed by atoms with Crippen molar-refractivity contribution in [3.8, 4) is 5.75 Å². The van der Waals surface area contributed by atoms with E-state index in [9.17, 15) is 4.79 Å². The maximum absolute atomic E-state index is 11.0. The summed E-state index contributed by atoms with van der Waals surface area (Å²) in [5.74, 6) is 1.23. The Bertz CT molecular complexity index is 580. The summed E-state index contributed by atoms with van der Waals surface area (Å²) in [4.78, 5) is 11.0. The molecule has 1 N–H and O–H groups in total. The second kappa shape index (κ2) is 6.76. The van der Waals surface area contributed by atoms with Crippen molar-refractivity contribution in [3.05, 3.63) is 29.8 Å². The van der Waals surface area contributed by atoms with Gasteiger partial charge < -0.3 is 10.1 Å². The molecule has 21 heavy (non-hydrogen) atoms. The van der Waals surface area contributed by atoms with Crippen molar-refractivity contribution in [1.82, 2.24) is 5.32 Å². The normalized spacial score (nSPS) is 21.3. The molecular weight excluding hydrogens is 286 g/mol. The number of amidine groups is 1. The molecule has 0 unspecified atom stereocenters. The number of thioether (sulfide) groups is 1. The second-order valence-corrected chi connectivity index (χ2v) is 6.01. The van der Waals surface area contributed by atoms with Crippen LogP contribution in [-0.2, 0) is 4.79 Å². The third kappa shape index (κ3) is 3.85. The molecule has 2 aliphatic rings. The van der Waals surface area contributed by atoms with Crippen molar-refractivity contribution in [2.24, 2.45) is 10.2 Å². The molecule has 0 atom stereocenters. The summed E-state index contributed by atoms with van der Waals surface area (Å²) in [5, 5.41) is 11.2. The van der Waals surface area contributed by atoms with Gasteiger partial charge >= 0.3 is 0 Å². The summed E-state index contributed by atoms with van der Waals surface area (Å²) in [6, 6.07) is 7.82. The summed E-state index contributed by atoms with van der Waals surface area (Å²) in [6.07, 6.45) is 6.71. The monoisotopic (exact) mass is 303 g/mol. The number of benzene rings is 1.